The Hall–Kier alpha value is -3.82. The van der Waals surface area contributed by atoms with E-state index in [4.69, 9.17) is 14.7 Å². The van der Waals surface area contributed by atoms with Crippen molar-refractivity contribution in [3.8, 4) is 11.3 Å². The first-order valence-electron chi connectivity index (χ1n) is 11.8. The highest BCUT2D eigenvalue weighted by molar-refractivity contribution is 5.76. The third-order valence-electron chi connectivity index (χ3n) is 6.74. The predicted octanol–water partition coefficient (Wildman–Crippen LogP) is 2.64. The van der Waals surface area contributed by atoms with Crippen LogP contribution in [0, 0.1) is 0 Å². The first-order chi connectivity index (χ1) is 17.2. The normalized spacial score (nSPS) is 18.0. The van der Waals surface area contributed by atoms with E-state index in [2.05, 4.69) is 43.0 Å². The standard InChI is InChI=1S/C26H27N7O2/c1-18(15-34)31-9-11-32(12-10-31)26-27-13-20(14-28-26)21-7-8-22-25(30-21)33-23(16-35-17-24(33)29-22)19-5-3-2-4-6-19/h2-8,13-14,23,34H,1,9-12,15-17H2. The number of fused-ring (bicyclic) bond motifs is 3. The maximum absolute atomic E-state index is 9.30. The number of aromatic nitrogens is 5. The summed E-state index contributed by atoms with van der Waals surface area (Å²) in [4.78, 5) is 23.3. The predicted molar refractivity (Wildman–Crippen MR) is 133 cm³/mol. The number of aliphatic hydroxyl groups is 1. The summed E-state index contributed by atoms with van der Waals surface area (Å²) in [6.07, 6.45) is 3.67. The second kappa shape index (κ2) is 9.09. The monoisotopic (exact) mass is 469 g/mol. The van der Waals surface area contributed by atoms with Crippen molar-refractivity contribution >= 4 is 17.1 Å². The SMILES string of the molecule is C=C(CO)N1CCN(c2ncc(-c3ccc4nc5n(c4n3)C(c3ccccc3)COC5)cn2)CC1. The zero-order valence-corrected chi connectivity index (χ0v) is 19.4. The molecule has 4 aromatic rings. The van der Waals surface area contributed by atoms with E-state index in [0.717, 1.165) is 60.1 Å². The van der Waals surface area contributed by atoms with Crippen molar-refractivity contribution in [2.24, 2.45) is 0 Å². The minimum atomic E-state index is -0.0118. The lowest BCUT2D eigenvalue weighted by molar-refractivity contribution is 0.0677. The Morgan fingerprint density at radius 3 is 2.51 bits per heavy atom. The fourth-order valence-electron chi connectivity index (χ4n) is 4.81. The molecule has 178 valence electrons. The summed E-state index contributed by atoms with van der Waals surface area (Å²) in [7, 11) is 0. The van der Waals surface area contributed by atoms with Crippen LogP contribution in [0.2, 0.25) is 0 Å². The van der Waals surface area contributed by atoms with Crippen molar-refractivity contribution in [2.45, 2.75) is 12.6 Å². The Bertz CT molecular complexity index is 1350. The fourth-order valence-corrected chi connectivity index (χ4v) is 4.81. The van der Waals surface area contributed by atoms with Crippen molar-refractivity contribution in [1.82, 2.24) is 29.4 Å². The number of benzene rings is 1. The number of piperazine rings is 1. The molecule has 5 heterocycles. The molecular formula is C26H27N7O2. The number of hydrogen-bond donors (Lipinski definition) is 1. The Balaban J connectivity index is 1.27. The number of anilines is 1. The molecule has 1 unspecified atom stereocenters. The van der Waals surface area contributed by atoms with Gasteiger partial charge in [-0.15, -0.1) is 0 Å². The van der Waals surface area contributed by atoms with Crippen molar-refractivity contribution in [3.05, 3.63) is 78.5 Å². The summed E-state index contributed by atoms with van der Waals surface area (Å²) in [5, 5.41) is 9.30. The third-order valence-corrected chi connectivity index (χ3v) is 6.74. The van der Waals surface area contributed by atoms with Gasteiger partial charge in [0.25, 0.3) is 0 Å². The molecule has 0 radical (unpaired) electrons. The molecule has 3 aromatic heterocycles. The minimum Gasteiger partial charge on any atom is -0.390 e. The van der Waals surface area contributed by atoms with E-state index < -0.39 is 0 Å². The largest absolute Gasteiger partial charge is 0.390 e. The molecule has 6 rings (SSSR count). The maximum atomic E-state index is 9.30. The molecule has 1 N–H and O–H groups in total. The van der Waals surface area contributed by atoms with Gasteiger partial charge in [-0.3, -0.25) is 0 Å². The number of ether oxygens (including phenoxy) is 1. The summed E-state index contributed by atoms with van der Waals surface area (Å²) in [5.74, 6) is 1.59. The summed E-state index contributed by atoms with van der Waals surface area (Å²) in [5.41, 5.74) is 5.31. The third kappa shape index (κ3) is 4.02. The number of hydrogen-bond acceptors (Lipinski definition) is 8. The quantitative estimate of drug-likeness (QED) is 0.477. The Kier molecular flexibility index (Phi) is 5.63. The lowest BCUT2D eigenvalue weighted by atomic mass is 10.1. The second-order valence-electron chi connectivity index (χ2n) is 8.85. The number of imidazole rings is 1. The molecule has 9 heteroatoms. The van der Waals surface area contributed by atoms with E-state index in [-0.39, 0.29) is 12.6 Å². The van der Waals surface area contributed by atoms with Crippen LogP contribution < -0.4 is 4.90 Å². The maximum Gasteiger partial charge on any atom is 0.225 e. The van der Waals surface area contributed by atoms with Crippen molar-refractivity contribution in [3.63, 3.8) is 0 Å². The molecule has 1 atom stereocenters. The zero-order valence-electron chi connectivity index (χ0n) is 19.4. The van der Waals surface area contributed by atoms with E-state index in [1.54, 1.807) is 0 Å². The van der Waals surface area contributed by atoms with Crippen LogP contribution in [0.3, 0.4) is 0 Å². The number of nitrogens with zero attached hydrogens (tertiary/aromatic N) is 7. The van der Waals surface area contributed by atoms with Gasteiger partial charge in [0.05, 0.1) is 24.9 Å². The van der Waals surface area contributed by atoms with Gasteiger partial charge in [0, 0.05) is 49.8 Å². The van der Waals surface area contributed by atoms with Gasteiger partial charge in [0.2, 0.25) is 5.95 Å². The van der Waals surface area contributed by atoms with Crippen LogP contribution in [-0.2, 0) is 11.3 Å². The lowest BCUT2D eigenvalue weighted by Gasteiger charge is -2.36. The fraction of sp³-hybridized carbons (Fsp3) is 0.308. The van der Waals surface area contributed by atoms with E-state index in [9.17, 15) is 5.11 Å². The van der Waals surface area contributed by atoms with Crippen LogP contribution in [0.5, 0.6) is 0 Å². The Labute approximate surface area is 203 Å². The number of rotatable bonds is 5. The summed E-state index contributed by atoms with van der Waals surface area (Å²) in [6.45, 7) is 8.12. The second-order valence-corrected chi connectivity index (χ2v) is 8.85. The van der Waals surface area contributed by atoms with Gasteiger partial charge >= 0.3 is 0 Å². The molecule has 0 aliphatic carbocycles. The molecule has 1 saturated heterocycles. The average Bonchev–Trinajstić information content (AvgIpc) is 3.31. The highest BCUT2D eigenvalue weighted by atomic mass is 16.5. The van der Waals surface area contributed by atoms with Gasteiger partial charge < -0.3 is 24.2 Å². The van der Waals surface area contributed by atoms with Gasteiger partial charge in [-0.05, 0) is 17.7 Å². The summed E-state index contributed by atoms with van der Waals surface area (Å²) >= 11 is 0. The molecule has 1 fully saturated rings. The van der Waals surface area contributed by atoms with Crippen LogP contribution in [0.15, 0.2) is 67.1 Å². The van der Waals surface area contributed by atoms with Crippen LogP contribution in [-0.4, -0.2) is 73.9 Å². The molecule has 35 heavy (non-hydrogen) atoms. The Morgan fingerprint density at radius 2 is 1.77 bits per heavy atom. The van der Waals surface area contributed by atoms with Crippen LogP contribution in [0.1, 0.15) is 17.4 Å². The molecule has 9 nitrogen and oxygen atoms in total. The highest BCUT2D eigenvalue weighted by Crippen LogP contribution is 2.31. The summed E-state index contributed by atoms with van der Waals surface area (Å²) in [6, 6.07) is 14.4. The van der Waals surface area contributed by atoms with Gasteiger partial charge in [0.15, 0.2) is 5.65 Å². The molecule has 0 saturated carbocycles. The first kappa shape index (κ1) is 21.7. The van der Waals surface area contributed by atoms with Crippen LogP contribution >= 0.6 is 0 Å². The zero-order chi connectivity index (χ0) is 23.8. The number of pyridine rings is 1. The number of aliphatic hydroxyl groups excluding tert-OH is 1. The molecule has 0 bridgehead atoms. The van der Waals surface area contributed by atoms with Gasteiger partial charge in [-0.25, -0.2) is 19.9 Å². The smallest absolute Gasteiger partial charge is 0.225 e. The molecule has 0 amide bonds. The molecular weight excluding hydrogens is 442 g/mol. The van der Waals surface area contributed by atoms with Crippen LogP contribution in [0.25, 0.3) is 22.4 Å². The van der Waals surface area contributed by atoms with Crippen molar-refractivity contribution < 1.29 is 9.84 Å². The first-order valence-corrected chi connectivity index (χ1v) is 11.8. The van der Waals surface area contributed by atoms with Gasteiger partial charge in [-0.2, -0.15) is 0 Å². The van der Waals surface area contributed by atoms with Gasteiger partial charge in [0.1, 0.15) is 17.9 Å². The minimum absolute atomic E-state index is 0.0118. The van der Waals surface area contributed by atoms with E-state index >= 15 is 0 Å². The van der Waals surface area contributed by atoms with Crippen molar-refractivity contribution in [2.75, 3.05) is 44.3 Å². The molecule has 2 aliphatic heterocycles. The van der Waals surface area contributed by atoms with Crippen LogP contribution in [0.4, 0.5) is 5.95 Å². The molecule has 0 spiro atoms. The van der Waals surface area contributed by atoms with E-state index in [1.807, 2.05) is 42.7 Å². The van der Waals surface area contributed by atoms with E-state index in [1.165, 1.54) is 5.56 Å². The Morgan fingerprint density at radius 1 is 1.00 bits per heavy atom. The van der Waals surface area contributed by atoms with Crippen molar-refractivity contribution in [1.29, 1.82) is 0 Å². The summed E-state index contributed by atoms with van der Waals surface area (Å²) < 4.78 is 8.05. The van der Waals surface area contributed by atoms with E-state index in [0.29, 0.717) is 19.2 Å². The highest BCUT2D eigenvalue weighted by Gasteiger charge is 2.26. The topological polar surface area (TPSA) is 92.4 Å². The molecule has 2 aliphatic rings. The lowest BCUT2D eigenvalue weighted by Crippen LogP contribution is -2.46. The average molecular weight is 470 g/mol. The van der Waals surface area contributed by atoms with Gasteiger partial charge in [-0.1, -0.05) is 36.9 Å². The molecule has 1 aromatic carbocycles.